The Kier molecular flexibility index (Phi) is 6.91. The summed E-state index contributed by atoms with van der Waals surface area (Å²) in [5.41, 5.74) is 0.983. The first-order chi connectivity index (χ1) is 19.1. The van der Waals surface area contributed by atoms with E-state index in [-0.39, 0.29) is 33.8 Å². The molecule has 4 fully saturated rings. The number of rotatable bonds is 9. The second-order valence-electron chi connectivity index (χ2n) is 12.5. The van der Waals surface area contributed by atoms with Crippen LogP contribution in [0.4, 0.5) is 5.82 Å². The first kappa shape index (κ1) is 27.5. The molecule has 6 atom stereocenters. The summed E-state index contributed by atoms with van der Waals surface area (Å²) in [4.78, 5) is 32.2. The Bertz CT molecular complexity index is 1390. The Morgan fingerprint density at radius 3 is 2.75 bits per heavy atom. The Morgan fingerprint density at radius 2 is 2.08 bits per heavy atom. The lowest BCUT2D eigenvalue weighted by Crippen LogP contribution is -2.65. The number of anilines is 1. The van der Waals surface area contributed by atoms with Gasteiger partial charge in [-0.15, -0.1) is 6.58 Å². The summed E-state index contributed by atoms with van der Waals surface area (Å²) in [6.07, 6.45) is 5.19. The average Bonchev–Trinajstić information content (AvgIpc) is 3.54. The molecule has 3 saturated carbocycles. The molecular weight excluding hydrogens is 529 g/mol. The third kappa shape index (κ3) is 4.24. The van der Waals surface area contributed by atoms with Crippen LogP contribution >= 0.6 is 11.6 Å². The van der Waals surface area contributed by atoms with E-state index < -0.39 is 24.6 Å². The zero-order chi connectivity index (χ0) is 28.4. The highest BCUT2D eigenvalue weighted by Crippen LogP contribution is 2.66. The third-order valence-corrected chi connectivity index (χ3v) is 10.5. The normalized spacial score (nSPS) is 30.2. The molecule has 0 spiro atoms. The molecule has 7 rings (SSSR count). The van der Waals surface area contributed by atoms with Crippen molar-refractivity contribution < 1.29 is 18.8 Å². The van der Waals surface area contributed by atoms with E-state index in [9.17, 15) is 9.59 Å². The fraction of sp³-hybridized carbons (Fsp3) is 0.567. The number of Topliss-reactive ketones (excluding diaryl/α,β-unsaturated/α-hetero) is 1. The molecule has 2 aliphatic heterocycles. The molecule has 2 bridgehead atoms. The van der Waals surface area contributed by atoms with Gasteiger partial charge >= 0.3 is 7.12 Å². The number of allylic oxidation sites excluding steroid dienone is 1. The van der Waals surface area contributed by atoms with Crippen LogP contribution in [0.15, 0.2) is 41.7 Å². The topological polar surface area (TPSA) is 91.7 Å². The van der Waals surface area contributed by atoms with E-state index in [0.29, 0.717) is 43.3 Å². The number of halogens is 1. The number of carbonyl (C=O) groups is 1. The predicted molar refractivity (Wildman–Crippen MR) is 155 cm³/mol. The van der Waals surface area contributed by atoms with Crippen LogP contribution in [0.5, 0.6) is 5.75 Å². The van der Waals surface area contributed by atoms with Gasteiger partial charge in [-0.3, -0.25) is 14.2 Å². The van der Waals surface area contributed by atoms with Crippen molar-refractivity contribution in [1.29, 1.82) is 0 Å². The minimum absolute atomic E-state index is 0.0274. The van der Waals surface area contributed by atoms with Crippen LogP contribution in [0, 0.1) is 17.3 Å². The molecular formula is C30H37BClN3O5. The number of nitrogens with zero attached hydrogens (tertiary/aromatic N) is 2. The highest BCUT2D eigenvalue weighted by Gasteiger charge is 2.68. The van der Waals surface area contributed by atoms with E-state index in [1.165, 1.54) is 4.57 Å². The molecule has 1 aromatic carbocycles. The SMILES string of the molecule is C=CC[C@@H](B1OC2C[C@@H]3C[C@@H](C3(C)C)[C@@]2(C)O1)C(=O)[C@@H]1CCc2c(Cl)nc(NCc3ccc(OC)cc3)c(=O)n21. The van der Waals surface area contributed by atoms with Gasteiger partial charge in [0.05, 0.1) is 36.4 Å². The molecule has 5 aliphatic rings. The van der Waals surface area contributed by atoms with Gasteiger partial charge < -0.3 is 19.4 Å². The molecule has 1 aromatic heterocycles. The monoisotopic (exact) mass is 565 g/mol. The van der Waals surface area contributed by atoms with Crippen LogP contribution in [0.1, 0.15) is 63.8 Å². The number of benzene rings is 1. The lowest BCUT2D eigenvalue weighted by Gasteiger charge is -2.64. The lowest BCUT2D eigenvalue weighted by molar-refractivity contribution is -0.199. The zero-order valence-corrected chi connectivity index (χ0v) is 24.4. The molecule has 10 heteroatoms. The quantitative estimate of drug-likeness (QED) is 0.328. The van der Waals surface area contributed by atoms with Crippen LogP contribution in [0.3, 0.4) is 0 Å². The van der Waals surface area contributed by atoms with Gasteiger partial charge in [0.25, 0.3) is 5.56 Å². The van der Waals surface area contributed by atoms with Gasteiger partial charge in [0.1, 0.15) is 5.75 Å². The first-order valence-electron chi connectivity index (χ1n) is 14.2. The number of ether oxygens (including phenoxy) is 1. The van der Waals surface area contributed by atoms with E-state index in [4.69, 9.17) is 25.6 Å². The molecule has 0 radical (unpaired) electrons. The standard InChI is InChI=1S/C30H37BClN3O5/c1-6-7-20(31-39-24-15-18-14-23(29(18,2)3)30(24,4)40-31)25(36)21-12-13-22-26(32)34-27(28(37)35(21)22)33-16-17-8-10-19(38-5)11-9-17/h6,8-11,18,20-21,23-24H,1,7,12-16H2,2-5H3,(H,33,34)/t18-,20+,21-,23-,24?,30+/m0/s1. The largest absolute Gasteiger partial charge is 0.497 e. The van der Waals surface area contributed by atoms with E-state index in [1.807, 2.05) is 24.3 Å². The van der Waals surface area contributed by atoms with E-state index in [2.05, 4.69) is 37.7 Å². The zero-order valence-electron chi connectivity index (χ0n) is 23.6. The number of methoxy groups -OCH3 is 1. The maximum Gasteiger partial charge on any atom is 0.469 e. The van der Waals surface area contributed by atoms with Crippen LogP contribution in [0.25, 0.3) is 0 Å². The van der Waals surface area contributed by atoms with Crippen LogP contribution in [0.2, 0.25) is 11.0 Å². The van der Waals surface area contributed by atoms with Crippen molar-refractivity contribution in [3.8, 4) is 5.75 Å². The smallest absolute Gasteiger partial charge is 0.469 e. The van der Waals surface area contributed by atoms with Gasteiger partial charge in [-0.25, -0.2) is 4.98 Å². The van der Waals surface area contributed by atoms with E-state index >= 15 is 0 Å². The van der Waals surface area contributed by atoms with E-state index in [0.717, 1.165) is 24.2 Å². The highest BCUT2D eigenvalue weighted by atomic mass is 35.5. The maximum absolute atomic E-state index is 14.2. The van der Waals surface area contributed by atoms with Crippen molar-refractivity contribution in [2.45, 2.75) is 83.0 Å². The molecule has 1 N–H and O–H groups in total. The van der Waals surface area contributed by atoms with Gasteiger partial charge in [0.2, 0.25) is 0 Å². The summed E-state index contributed by atoms with van der Waals surface area (Å²) in [5, 5.41) is 3.35. The summed E-state index contributed by atoms with van der Waals surface area (Å²) >= 11 is 6.55. The molecule has 8 nitrogen and oxygen atoms in total. The van der Waals surface area contributed by atoms with Crippen LogP contribution in [-0.2, 0) is 27.1 Å². The second kappa shape index (κ2) is 10.0. The molecule has 40 heavy (non-hydrogen) atoms. The van der Waals surface area contributed by atoms with Crippen molar-refractivity contribution in [3.63, 3.8) is 0 Å². The van der Waals surface area contributed by atoms with E-state index in [1.54, 1.807) is 13.2 Å². The number of carbonyl (C=O) groups excluding carboxylic acids is 1. The van der Waals surface area contributed by atoms with Gasteiger partial charge in [0, 0.05) is 6.54 Å². The third-order valence-electron chi connectivity index (χ3n) is 10.2. The van der Waals surface area contributed by atoms with Crippen LogP contribution in [-0.4, -0.2) is 41.3 Å². The molecule has 3 aliphatic carbocycles. The molecule has 0 amide bonds. The summed E-state index contributed by atoms with van der Waals surface area (Å²) in [7, 11) is 0.948. The second-order valence-corrected chi connectivity index (χ2v) is 12.9. The Labute approximate surface area is 240 Å². The van der Waals surface area contributed by atoms with Crippen molar-refractivity contribution in [1.82, 2.24) is 9.55 Å². The molecule has 2 aromatic rings. The number of hydrogen-bond acceptors (Lipinski definition) is 7. The highest BCUT2D eigenvalue weighted by molar-refractivity contribution is 6.53. The molecule has 1 saturated heterocycles. The Morgan fingerprint density at radius 1 is 1.32 bits per heavy atom. The Hall–Kier alpha value is -2.62. The van der Waals surface area contributed by atoms with Crippen molar-refractivity contribution in [3.05, 3.63) is 63.7 Å². The van der Waals surface area contributed by atoms with Crippen molar-refractivity contribution in [2.75, 3.05) is 12.4 Å². The average molecular weight is 566 g/mol. The number of ketones is 1. The Balaban J connectivity index is 1.24. The number of hydrogen-bond donors (Lipinski definition) is 1. The van der Waals surface area contributed by atoms with Gasteiger partial charge in [-0.05, 0) is 74.0 Å². The van der Waals surface area contributed by atoms with Crippen molar-refractivity contribution in [2.24, 2.45) is 17.3 Å². The fourth-order valence-corrected chi connectivity index (χ4v) is 7.95. The first-order valence-corrected chi connectivity index (χ1v) is 14.6. The number of aromatic nitrogens is 2. The minimum Gasteiger partial charge on any atom is -0.497 e. The lowest BCUT2D eigenvalue weighted by atomic mass is 9.43. The summed E-state index contributed by atoms with van der Waals surface area (Å²) in [5.74, 6) is 1.24. The summed E-state index contributed by atoms with van der Waals surface area (Å²) in [6.45, 7) is 11.1. The minimum atomic E-state index is -0.666. The number of nitrogens with one attached hydrogen (secondary N) is 1. The van der Waals surface area contributed by atoms with Crippen LogP contribution < -0.4 is 15.6 Å². The predicted octanol–water partition coefficient (Wildman–Crippen LogP) is 5.25. The van der Waals surface area contributed by atoms with Crippen molar-refractivity contribution >= 4 is 30.3 Å². The molecule has 3 heterocycles. The maximum atomic E-state index is 14.2. The number of fused-ring (bicyclic) bond motifs is 1. The van der Waals surface area contributed by atoms with Gasteiger partial charge in [-0.1, -0.05) is 43.7 Å². The van der Waals surface area contributed by atoms with Gasteiger partial charge in [-0.2, -0.15) is 0 Å². The molecule has 212 valence electrons. The summed E-state index contributed by atoms with van der Waals surface area (Å²) in [6, 6.07) is 6.87. The fourth-order valence-electron chi connectivity index (χ4n) is 7.68. The molecule has 1 unspecified atom stereocenters. The summed E-state index contributed by atoms with van der Waals surface area (Å²) < 4.78 is 19.9. The van der Waals surface area contributed by atoms with Gasteiger partial charge in [0.15, 0.2) is 16.8 Å².